The molecule has 114 valence electrons. The Morgan fingerprint density at radius 1 is 1.14 bits per heavy atom. The first-order valence-corrected chi connectivity index (χ1v) is 8.73. The summed E-state index contributed by atoms with van der Waals surface area (Å²) in [6.45, 7) is 7.48. The summed E-state index contributed by atoms with van der Waals surface area (Å²) in [5, 5.41) is 3.43. The Bertz CT molecular complexity index is 519. The number of nitrogens with zero attached hydrogens (tertiary/aromatic N) is 2. The van der Waals surface area contributed by atoms with E-state index in [0.29, 0.717) is 0 Å². The Kier molecular flexibility index (Phi) is 6.83. The summed E-state index contributed by atoms with van der Waals surface area (Å²) in [5.41, 5.74) is 2.65. The van der Waals surface area contributed by atoms with Crippen LogP contribution in [0.2, 0.25) is 0 Å². The highest BCUT2D eigenvalue weighted by molar-refractivity contribution is 7.98. The number of aryl methyl sites for hydroxylation is 1. The van der Waals surface area contributed by atoms with Gasteiger partial charge in [-0.1, -0.05) is 26.0 Å². The van der Waals surface area contributed by atoms with Crippen LogP contribution in [-0.2, 0) is 18.8 Å². The molecule has 0 spiro atoms. The first-order chi connectivity index (χ1) is 10.3. The minimum atomic E-state index is 0.960. The van der Waals surface area contributed by atoms with Gasteiger partial charge in [0, 0.05) is 35.6 Å². The molecule has 1 heterocycles. The second kappa shape index (κ2) is 8.90. The lowest BCUT2D eigenvalue weighted by molar-refractivity contribution is 0.659. The molecule has 0 amide bonds. The van der Waals surface area contributed by atoms with Gasteiger partial charge in [-0.25, -0.2) is 4.98 Å². The second-order valence-corrected chi connectivity index (χ2v) is 6.24. The van der Waals surface area contributed by atoms with Crippen LogP contribution in [0.25, 0.3) is 0 Å². The Morgan fingerprint density at radius 2 is 1.95 bits per heavy atom. The normalized spacial score (nSPS) is 11.0. The van der Waals surface area contributed by atoms with Crippen LogP contribution in [0.1, 0.15) is 37.9 Å². The van der Waals surface area contributed by atoms with E-state index in [2.05, 4.69) is 53.0 Å². The standard InChI is InChI=1S/C17H25N3S/c1-3-9-18-11-15-5-7-17(8-6-15)21-13-16-12-19-14-20(16)10-4-2/h5-8,12,14,18H,3-4,9-11,13H2,1-2H3. The molecule has 0 saturated heterocycles. The lowest BCUT2D eigenvalue weighted by Gasteiger charge is -2.07. The van der Waals surface area contributed by atoms with Crippen LogP contribution in [0.15, 0.2) is 41.7 Å². The zero-order chi connectivity index (χ0) is 14.9. The average Bonchev–Trinajstić information content (AvgIpc) is 2.94. The largest absolute Gasteiger partial charge is 0.334 e. The molecule has 2 rings (SSSR count). The molecule has 0 aliphatic carbocycles. The van der Waals surface area contributed by atoms with Crippen molar-refractivity contribution in [2.24, 2.45) is 0 Å². The van der Waals surface area contributed by atoms with Crippen LogP contribution < -0.4 is 5.32 Å². The van der Waals surface area contributed by atoms with Crippen molar-refractivity contribution in [3.63, 3.8) is 0 Å². The number of benzene rings is 1. The summed E-state index contributed by atoms with van der Waals surface area (Å²) in [7, 11) is 0. The van der Waals surface area contributed by atoms with Gasteiger partial charge in [0.25, 0.3) is 0 Å². The van der Waals surface area contributed by atoms with Crippen molar-refractivity contribution in [3.8, 4) is 0 Å². The van der Waals surface area contributed by atoms with E-state index in [4.69, 9.17) is 0 Å². The molecule has 0 saturated carbocycles. The molecule has 1 aromatic heterocycles. The molecule has 4 heteroatoms. The molecular weight excluding hydrogens is 278 g/mol. The van der Waals surface area contributed by atoms with E-state index in [1.54, 1.807) is 0 Å². The van der Waals surface area contributed by atoms with Gasteiger partial charge in [0.05, 0.1) is 6.33 Å². The summed E-state index contributed by atoms with van der Waals surface area (Å²) in [6.07, 6.45) is 6.24. The highest BCUT2D eigenvalue weighted by Crippen LogP contribution is 2.23. The molecule has 1 aromatic carbocycles. The molecule has 0 aliphatic rings. The van der Waals surface area contributed by atoms with Crippen molar-refractivity contribution >= 4 is 11.8 Å². The zero-order valence-corrected chi connectivity index (χ0v) is 13.8. The van der Waals surface area contributed by atoms with Crippen molar-refractivity contribution in [1.82, 2.24) is 14.9 Å². The lowest BCUT2D eigenvalue weighted by atomic mass is 10.2. The highest BCUT2D eigenvalue weighted by Gasteiger charge is 2.02. The monoisotopic (exact) mass is 303 g/mol. The topological polar surface area (TPSA) is 29.9 Å². The van der Waals surface area contributed by atoms with Gasteiger partial charge >= 0.3 is 0 Å². The van der Waals surface area contributed by atoms with Gasteiger partial charge in [-0.3, -0.25) is 0 Å². The summed E-state index contributed by atoms with van der Waals surface area (Å²) < 4.78 is 2.25. The SMILES string of the molecule is CCCNCc1ccc(SCc2cncn2CCC)cc1. The van der Waals surface area contributed by atoms with E-state index in [1.807, 2.05) is 24.3 Å². The summed E-state index contributed by atoms with van der Waals surface area (Å²) in [4.78, 5) is 5.57. The number of nitrogens with one attached hydrogen (secondary N) is 1. The fourth-order valence-corrected chi connectivity index (χ4v) is 3.06. The Hall–Kier alpha value is -1.26. The van der Waals surface area contributed by atoms with E-state index in [9.17, 15) is 0 Å². The first kappa shape index (κ1) is 16.1. The predicted octanol–water partition coefficient (Wildman–Crippen LogP) is 4.09. The first-order valence-electron chi connectivity index (χ1n) is 7.75. The molecular formula is C17H25N3S. The van der Waals surface area contributed by atoms with Crippen molar-refractivity contribution in [2.45, 2.75) is 50.4 Å². The fraction of sp³-hybridized carbons (Fsp3) is 0.471. The minimum absolute atomic E-state index is 0.960. The second-order valence-electron chi connectivity index (χ2n) is 5.19. The molecule has 0 fully saturated rings. The van der Waals surface area contributed by atoms with Crippen LogP contribution in [0.4, 0.5) is 0 Å². The van der Waals surface area contributed by atoms with Crippen molar-refractivity contribution in [2.75, 3.05) is 6.54 Å². The van der Waals surface area contributed by atoms with E-state index < -0.39 is 0 Å². The van der Waals surface area contributed by atoms with Gasteiger partial charge in [0.1, 0.15) is 0 Å². The van der Waals surface area contributed by atoms with E-state index >= 15 is 0 Å². The molecule has 1 N–H and O–H groups in total. The summed E-state index contributed by atoms with van der Waals surface area (Å²) in [6, 6.07) is 8.87. The molecule has 21 heavy (non-hydrogen) atoms. The average molecular weight is 303 g/mol. The lowest BCUT2D eigenvalue weighted by Crippen LogP contribution is -2.13. The Balaban J connectivity index is 1.84. The maximum atomic E-state index is 4.25. The van der Waals surface area contributed by atoms with Gasteiger partial charge in [0.15, 0.2) is 0 Å². The number of aromatic nitrogens is 2. The quantitative estimate of drug-likeness (QED) is 0.559. The smallest absolute Gasteiger partial charge is 0.0948 e. The van der Waals surface area contributed by atoms with Gasteiger partial charge in [-0.05, 0) is 37.1 Å². The number of imidazole rings is 1. The van der Waals surface area contributed by atoms with Gasteiger partial charge in [-0.2, -0.15) is 0 Å². The zero-order valence-electron chi connectivity index (χ0n) is 13.0. The Labute approximate surface area is 132 Å². The van der Waals surface area contributed by atoms with E-state index in [0.717, 1.165) is 31.8 Å². The predicted molar refractivity (Wildman–Crippen MR) is 90.5 cm³/mol. The van der Waals surface area contributed by atoms with E-state index in [1.165, 1.54) is 22.6 Å². The number of hydrogen-bond acceptors (Lipinski definition) is 3. The molecule has 2 aromatic rings. The molecule has 0 atom stereocenters. The van der Waals surface area contributed by atoms with Crippen LogP contribution >= 0.6 is 11.8 Å². The third-order valence-corrected chi connectivity index (χ3v) is 4.37. The highest BCUT2D eigenvalue weighted by atomic mass is 32.2. The third-order valence-electron chi connectivity index (χ3n) is 3.33. The van der Waals surface area contributed by atoms with E-state index in [-0.39, 0.29) is 0 Å². The van der Waals surface area contributed by atoms with Crippen molar-refractivity contribution in [3.05, 3.63) is 48.0 Å². The molecule has 0 aliphatic heterocycles. The third kappa shape index (κ3) is 5.21. The summed E-state index contributed by atoms with van der Waals surface area (Å²) >= 11 is 1.87. The maximum absolute atomic E-state index is 4.25. The van der Waals surface area contributed by atoms with Gasteiger partial charge < -0.3 is 9.88 Å². The van der Waals surface area contributed by atoms with Crippen LogP contribution in [-0.4, -0.2) is 16.1 Å². The minimum Gasteiger partial charge on any atom is -0.334 e. The van der Waals surface area contributed by atoms with Crippen LogP contribution in [0.5, 0.6) is 0 Å². The van der Waals surface area contributed by atoms with Crippen molar-refractivity contribution < 1.29 is 0 Å². The van der Waals surface area contributed by atoms with Gasteiger partial charge in [0.2, 0.25) is 0 Å². The number of rotatable bonds is 9. The van der Waals surface area contributed by atoms with Gasteiger partial charge in [-0.15, -0.1) is 11.8 Å². The molecule has 0 radical (unpaired) electrons. The number of hydrogen-bond donors (Lipinski definition) is 1. The maximum Gasteiger partial charge on any atom is 0.0948 e. The van der Waals surface area contributed by atoms with Crippen LogP contribution in [0.3, 0.4) is 0 Å². The summed E-state index contributed by atoms with van der Waals surface area (Å²) in [5.74, 6) is 0.980. The Morgan fingerprint density at radius 3 is 2.67 bits per heavy atom. The number of thioether (sulfide) groups is 1. The van der Waals surface area contributed by atoms with Crippen molar-refractivity contribution in [1.29, 1.82) is 0 Å². The van der Waals surface area contributed by atoms with Crippen LogP contribution in [0, 0.1) is 0 Å². The molecule has 0 unspecified atom stereocenters. The molecule has 3 nitrogen and oxygen atoms in total. The fourth-order valence-electron chi connectivity index (χ4n) is 2.18. The molecule has 0 bridgehead atoms.